The van der Waals surface area contributed by atoms with Crippen LogP contribution in [0.25, 0.3) is 0 Å². The van der Waals surface area contributed by atoms with E-state index in [1.165, 1.54) is 12.1 Å². The van der Waals surface area contributed by atoms with E-state index in [9.17, 15) is 8.78 Å². The van der Waals surface area contributed by atoms with Crippen LogP contribution in [0.4, 0.5) is 8.78 Å². The summed E-state index contributed by atoms with van der Waals surface area (Å²) in [4.78, 5) is 0. The first-order valence-corrected chi connectivity index (χ1v) is 6.14. The van der Waals surface area contributed by atoms with Crippen molar-refractivity contribution in [2.24, 2.45) is 5.84 Å². The second-order valence-corrected chi connectivity index (χ2v) is 4.54. The molecule has 0 fully saturated rings. The zero-order chi connectivity index (χ0) is 13.8. The van der Waals surface area contributed by atoms with Gasteiger partial charge < -0.3 is 0 Å². The molecule has 0 saturated carbocycles. The van der Waals surface area contributed by atoms with E-state index in [4.69, 9.17) is 17.4 Å². The Bertz CT molecular complexity index is 575. The summed E-state index contributed by atoms with van der Waals surface area (Å²) < 4.78 is 27.1. The van der Waals surface area contributed by atoms with Crippen LogP contribution in [0.1, 0.15) is 17.2 Å². The lowest BCUT2D eigenvalue weighted by Crippen LogP contribution is -2.30. The topological polar surface area (TPSA) is 38.0 Å². The molecule has 0 saturated heterocycles. The van der Waals surface area contributed by atoms with Crippen molar-refractivity contribution in [2.45, 2.75) is 12.5 Å². The highest BCUT2D eigenvalue weighted by atomic mass is 35.5. The van der Waals surface area contributed by atoms with Gasteiger partial charge in [-0.1, -0.05) is 41.9 Å². The molecular formula is C14H13ClF2N2. The van der Waals surface area contributed by atoms with Gasteiger partial charge >= 0.3 is 0 Å². The third-order valence-corrected chi connectivity index (χ3v) is 3.36. The molecule has 0 spiro atoms. The van der Waals surface area contributed by atoms with Gasteiger partial charge in [-0.15, -0.1) is 0 Å². The van der Waals surface area contributed by atoms with Crippen molar-refractivity contribution in [1.82, 2.24) is 5.43 Å². The van der Waals surface area contributed by atoms with Crippen LogP contribution < -0.4 is 11.3 Å². The highest BCUT2D eigenvalue weighted by Gasteiger charge is 2.17. The SMILES string of the molecule is NNC(Cc1cccc(F)c1Cl)c1ccccc1F. The fourth-order valence-corrected chi connectivity index (χ4v) is 2.15. The first-order valence-electron chi connectivity index (χ1n) is 5.77. The van der Waals surface area contributed by atoms with Crippen LogP contribution in [0.5, 0.6) is 0 Å². The van der Waals surface area contributed by atoms with Crippen molar-refractivity contribution < 1.29 is 8.78 Å². The van der Waals surface area contributed by atoms with Gasteiger partial charge in [0.25, 0.3) is 0 Å². The Morgan fingerprint density at radius 2 is 1.74 bits per heavy atom. The van der Waals surface area contributed by atoms with Crippen molar-refractivity contribution in [3.8, 4) is 0 Å². The number of nitrogens with one attached hydrogen (secondary N) is 1. The van der Waals surface area contributed by atoms with Gasteiger partial charge in [-0.25, -0.2) is 8.78 Å². The van der Waals surface area contributed by atoms with Crippen LogP contribution in [0, 0.1) is 11.6 Å². The van der Waals surface area contributed by atoms with Crippen molar-refractivity contribution >= 4 is 11.6 Å². The van der Waals surface area contributed by atoms with Crippen molar-refractivity contribution in [2.75, 3.05) is 0 Å². The Kier molecular flexibility index (Phi) is 4.47. The Balaban J connectivity index is 2.30. The zero-order valence-corrected chi connectivity index (χ0v) is 10.8. The maximum atomic E-state index is 13.7. The van der Waals surface area contributed by atoms with Gasteiger partial charge in [0.15, 0.2) is 0 Å². The molecule has 19 heavy (non-hydrogen) atoms. The first-order chi connectivity index (χ1) is 9.13. The van der Waals surface area contributed by atoms with Crippen LogP contribution >= 0.6 is 11.6 Å². The molecule has 100 valence electrons. The quantitative estimate of drug-likeness (QED) is 0.666. The van der Waals surface area contributed by atoms with E-state index in [0.717, 1.165) is 0 Å². The number of benzene rings is 2. The van der Waals surface area contributed by atoms with Gasteiger partial charge in [-0.05, 0) is 24.1 Å². The number of rotatable bonds is 4. The Hall–Kier alpha value is -1.49. The number of hydrogen-bond donors (Lipinski definition) is 2. The monoisotopic (exact) mass is 282 g/mol. The molecule has 5 heteroatoms. The lowest BCUT2D eigenvalue weighted by Gasteiger charge is -2.18. The van der Waals surface area contributed by atoms with E-state index in [-0.39, 0.29) is 10.8 Å². The molecule has 0 aliphatic heterocycles. The van der Waals surface area contributed by atoms with Crippen LogP contribution in [0.15, 0.2) is 42.5 Å². The van der Waals surface area contributed by atoms with Gasteiger partial charge in [0.1, 0.15) is 11.6 Å². The van der Waals surface area contributed by atoms with Crippen molar-refractivity contribution in [3.63, 3.8) is 0 Å². The van der Waals surface area contributed by atoms with Crippen molar-refractivity contribution in [3.05, 3.63) is 70.2 Å². The highest BCUT2D eigenvalue weighted by molar-refractivity contribution is 6.31. The predicted octanol–water partition coefficient (Wildman–Crippen LogP) is 3.37. The number of nitrogens with two attached hydrogens (primary N) is 1. The molecule has 2 aromatic carbocycles. The van der Waals surface area contributed by atoms with Crippen LogP contribution in [0.3, 0.4) is 0 Å². The number of hydrogen-bond acceptors (Lipinski definition) is 2. The molecule has 0 heterocycles. The van der Waals surface area contributed by atoms with Crippen LogP contribution in [-0.2, 0) is 6.42 Å². The summed E-state index contributed by atoms with van der Waals surface area (Å²) in [6.07, 6.45) is 0.300. The second kappa shape index (κ2) is 6.10. The largest absolute Gasteiger partial charge is 0.271 e. The fraction of sp³-hybridized carbons (Fsp3) is 0.143. The summed E-state index contributed by atoms with van der Waals surface area (Å²) in [7, 11) is 0. The van der Waals surface area contributed by atoms with Crippen LogP contribution in [-0.4, -0.2) is 0 Å². The molecule has 0 radical (unpaired) electrons. The average molecular weight is 283 g/mol. The molecule has 0 aliphatic carbocycles. The maximum Gasteiger partial charge on any atom is 0.142 e. The van der Waals surface area contributed by atoms with E-state index in [2.05, 4.69) is 5.43 Å². The smallest absolute Gasteiger partial charge is 0.142 e. The minimum atomic E-state index is -0.497. The normalized spacial score (nSPS) is 12.4. The lowest BCUT2D eigenvalue weighted by atomic mass is 9.99. The zero-order valence-electron chi connectivity index (χ0n) is 10.0. The summed E-state index contributed by atoms with van der Waals surface area (Å²) >= 11 is 5.88. The summed E-state index contributed by atoms with van der Waals surface area (Å²) in [5, 5.41) is 0.0408. The molecule has 0 aromatic heterocycles. The molecule has 0 amide bonds. The standard InChI is InChI=1S/C14H13ClF2N2/c15-14-9(4-3-7-12(14)17)8-13(19-18)10-5-1-2-6-11(10)16/h1-7,13,19H,8,18H2. The van der Waals surface area contributed by atoms with E-state index in [0.29, 0.717) is 17.5 Å². The van der Waals surface area contributed by atoms with Crippen LogP contribution in [0.2, 0.25) is 5.02 Å². The summed E-state index contributed by atoms with van der Waals surface area (Å²) in [6, 6.07) is 10.4. The Morgan fingerprint density at radius 3 is 2.42 bits per heavy atom. The molecule has 2 aromatic rings. The molecule has 2 rings (SSSR count). The summed E-state index contributed by atoms with van der Waals surface area (Å²) in [5.74, 6) is 4.60. The Morgan fingerprint density at radius 1 is 1.05 bits per heavy atom. The third kappa shape index (κ3) is 3.10. The molecular weight excluding hydrogens is 270 g/mol. The number of halogens is 3. The van der Waals surface area contributed by atoms with Gasteiger partial charge in [0, 0.05) is 5.56 Å². The van der Waals surface area contributed by atoms with Gasteiger partial charge in [0.05, 0.1) is 11.1 Å². The van der Waals surface area contributed by atoms with Gasteiger partial charge in [-0.2, -0.15) is 0 Å². The molecule has 3 N–H and O–H groups in total. The first kappa shape index (κ1) is 13.9. The maximum absolute atomic E-state index is 13.7. The highest BCUT2D eigenvalue weighted by Crippen LogP contribution is 2.26. The minimum absolute atomic E-state index is 0.0408. The lowest BCUT2D eigenvalue weighted by molar-refractivity contribution is 0.509. The second-order valence-electron chi connectivity index (χ2n) is 4.16. The minimum Gasteiger partial charge on any atom is -0.271 e. The van der Waals surface area contributed by atoms with Crippen molar-refractivity contribution in [1.29, 1.82) is 0 Å². The summed E-state index contributed by atoms with van der Waals surface area (Å²) in [5.41, 5.74) is 3.53. The molecule has 2 nitrogen and oxygen atoms in total. The van der Waals surface area contributed by atoms with E-state index in [1.807, 2.05) is 0 Å². The van der Waals surface area contributed by atoms with E-state index < -0.39 is 11.9 Å². The molecule has 1 unspecified atom stereocenters. The Labute approximate surface area is 115 Å². The fourth-order valence-electron chi connectivity index (χ4n) is 1.94. The van der Waals surface area contributed by atoms with Gasteiger partial charge in [-0.3, -0.25) is 11.3 Å². The average Bonchev–Trinajstić information content (AvgIpc) is 2.41. The molecule has 1 atom stereocenters. The van der Waals surface area contributed by atoms with E-state index in [1.54, 1.807) is 30.3 Å². The van der Waals surface area contributed by atoms with Gasteiger partial charge in [0.2, 0.25) is 0 Å². The summed E-state index contributed by atoms with van der Waals surface area (Å²) in [6.45, 7) is 0. The third-order valence-electron chi connectivity index (χ3n) is 2.94. The molecule has 0 bridgehead atoms. The number of hydrazine groups is 1. The molecule has 0 aliphatic rings. The predicted molar refractivity (Wildman–Crippen MR) is 71.6 cm³/mol. The van der Waals surface area contributed by atoms with E-state index >= 15 is 0 Å².